The standard InChI is InChI=1S/C15H23BrN2O/c1-18(15-4-2-3-12(15)11-17)9-10-19-14-7-5-13(16)6-8-14/h5-8,12,15H,2-4,9-11,17H2,1H3. The monoisotopic (exact) mass is 326 g/mol. The average Bonchev–Trinajstić information content (AvgIpc) is 2.89. The average molecular weight is 327 g/mol. The number of nitrogens with two attached hydrogens (primary N) is 1. The molecule has 1 aromatic carbocycles. The molecule has 0 heterocycles. The molecule has 2 unspecified atom stereocenters. The summed E-state index contributed by atoms with van der Waals surface area (Å²) in [4.78, 5) is 2.41. The van der Waals surface area contributed by atoms with Crippen molar-refractivity contribution in [2.75, 3.05) is 26.7 Å². The molecule has 0 radical (unpaired) electrons. The lowest BCUT2D eigenvalue weighted by atomic mass is 10.0. The van der Waals surface area contributed by atoms with Gasteiger partial charge in [0.2, 0.25) is 0 Å². The van der Waals surface area contributed by atoms with E-state index < -0.39 is 0 Å². The van der Waals surface area contributed by atoms with Gasteiger partial charge < -0.3 is 10.5 Å². The van der Waals surface area contributed by atoms with Crippen molar-refractivity contribution < 1.29 is 4.74 Å². The molecule has 1 aliphatic carbocycles. The van der Waals surface area contributed by atoms with Crippen LogP contribution in [0, 0.1) is 5.92 Å². The largest absolute Gasteiger partial charge is 0.492 e. The third kappa shape index (κ3) is 4.20. The van der Waals surface area contributed by atoms with Crippen molar-refractivity contribution in [3.63, 3.8) is 0 Å². The Kier molecular flexibility index (Phi) is 5.67. The topological polar surface area (TPSA) is 38.5 Å². The van der Waals surface area contributed by atoms with Crippen LogP contribution in [0.15, 0.2) is 28.7 Å². The Morgan fingerprint density at radius 2 is 2.05 bits per heavy atom. The zero-order valence-corrected chi connectivity index (χ0v) is 13.1. The van der Waals surface area contributed by atoms with E-state index in [4.69, 9.17) is 10.5 Å². The molecule has 4 heteroatoms. The van der Waals surface area contributed by atoms with Gasteiger partial charge in [0.05, 0.1) is 0 Å². The minimum atomic E-state index is 0.638. The molecule has 1 saturated carbocycles. The van der Waals surface area contributed by atoms with E-state index >= 15 is 0 Å². The Hall–Kier alpha value is -0.580. The van der Waals surface area contributed by atoms with Crippen molar-refractivity contribution in [2.45, 2.75) is 25.3 Å². The lowest BCUT2D eigenvalue weighted by Gasteiger charge is -2.28. The number of nitrogens with zero attached hydrogens (tertiary/aromatic N) is 1. The fraction of sp³-hybridized carbons (Fsp3) is 0.600. The molecule has 0 spiro atoms. The molecule has 1 aromatic rings. The van der Waals surface area contributed by atoms with E-state index in [1.165, 1.54) is 19.3 Å². The molecule has 0 aromatic heterocycles. The zero-order chi connectivity index (χ0) is 13.7. The maximum absolute atomic E-state index is 5.83. The first-order chi connectivity index (χ1) is 9.20. The molecule has 2 atom stereocenters. The van der Waals surface area contributed by atoms with Crippen molar-refractivity contribution in [1.82, 2.24) is 4.90 Å². The summed E-state index contributed by atoms with van der Waals surface area (Å²) < 4.78 is 6.84. The van der Waals surface area contributed by atoms with Crippen molar-refractivity contribution in [1.29, 1.82) is 0 Å². The summed E-state index contributed by atoms with van der Waals surface area (Å²) in [6.45, 7) is 2.49. The second kappa shape index (κ2) is 7.27. The molecule has 2 N–H and O–H groups in total. The number of halogens is 1. The molecule has 106 valence electrons. The fourth-order valence-corrected chi connectivity index (χ4v) is 3.14. The van der Waals surface area contributed by atoms with E-state index in [0.717, 1.165) is 29.9 Å². The Morgan fingerprint density at radius 3 is 2.74 bits per heavy atom. The van der Waals surface area contributed by atoms with Crippen LogP contribution in [-0.2, 0) is 0 Å². The number of rotatable bonds is 6. The summed E-state index contributed by atoms with van der Waals surface area (Å²) >= 11 is 3.42. The Balaban J connectivity index is 1.74. The van der Waals surface area contributed by atoms with Crippen LogP contribution >= 0.6 is 15.9 Å². The predicted molar refractivity (Wildman–Crippen MR) is 82.5 cm³/mol. The van der Waals surface area contributed by atoms with Gasteiger partial charge in [-0.05, 0) is 56.6 Å². The van der Waals surface area contributed by atoms with Gasteiger partial charge in [-0.3, -0.25) is 4.90 Å². The van der Waals surface area contributed by atoms with Crippen LogP contribution in [0.1, 0.15) is 19.3 Å². The second-order valence-corrected chi connectivity index (χ2v) is 6.19. The second-order valence-electron chi connectivity index (χ2n) is 5.28. The maximum atomic E-state index is 5.83. The van der Waals surface area contributed by atoms with E-state index in [2.05, 4.69) is 27.9 Å². The smallest absolute Gasteiger partial charge is 0.119 e. The normalized spacial score (nSPS) is 22.9. The highest BCUT2D eigenvalue weighted by Gasteiger charge is 2.28. The maximum Gasteiger partial charge on any atom is 0.119 e. The van der Waals surface area contributed by atoms with Gasteiger partial charge in [-0.1, -0.05) is 22.4 Å². The quantitative estimate of drug-likeness (QED) is 0.873. The zero-order valence-electron chi connectivity index (χ0n) is 11.5. The van der Waals surface area contributed by atoms with Crippen molar-refractivity contribution in [3.8, 4) is 5.75 Å². The molecular formula is C15H23BrN2O. The highest BCUT2D eigenvalue weighted by Crippen LogP contribution is 2.28. The third-order valence-corrected chi connectivity index (χ3v) is 4.54. The van der Waals surface area contributed by atoms with Gasteiger partial charge in [-0.2, -0.15) is 0 Å². The lowest BCUT2D eigenvalue weighted by molar-refractivity contribution is 0.165. The molecule has 0 aliphatic heterocycles. The molecule has 0 saturated heterocycles. The van der Waals surface area contributed by atoms with Gasteiger partial charge in [0.1, 0.15) is 12.4 Å². The Bertz CT molecular complexity index is 382. The van der Waals surface area contributed by atoms with Crippen LogP contribution in [0.4, 0.5) is 0 Å². The van der Waals surface area contributed by atoms with E-state index in [9.17, 15) is 0 Å². The van der Waals surface area contributed by atoms with Crippen LogP contribution in [0.3, 0.4) is 0 Å². The van der Waals surface area contributed by atoms with Gasteiger partial charge in [0.15, 0.2) is 0 Å². The SMILES string of the molecule is CN(CCOc1ccc(Br)cc1)C1CCCC1CN. The van der Waals surface area contributed by atoms with Crippen LogP contribution in [0.25, 0.3) is 0 Å². The first-order valence-electron chi connectivity index (χ1n) is 6.99. The first kappa shape index (κ1) is 14.8. The van der Waals surface area contributed by atoms with Gasteiger partial charge >= 0.3 is 0 Å². The molecule has 1 fully saturated rings. The summed E-state index contributed by atoms with van der Waals surface area (Å²) in [5, 5.41) is 0. The highest BCUT2D eigenvalue weighted by molar-refractivity contribution is 9.10. The molecule has 0 bridgehead atoms. The van der Waals surface area contributed by atoms with E-state index in [-0.39, 0.29) is 0 Å². The molecular weight excluding hydrogens is 304 g/mol. The Labute approximate surface area is 124 Å². The summed E-state index contributed by atoms with van der Waals surface area (Å²) in [7, 11) is 2.18. The van der Waals surface area contributed by atoms with E-state index in [1.54, 1.807) is 0 Å². The first-order valence-corrected chi connectivity index (χ1v) is 7.78. The van der Waals surface area contributed by atoms with Crippen LogP contribution in [0.2, 0.25) is 0 Å². The van der Waals surface area contributed by atoms with Crippen LogP contribution in [-0.4, -0.2) is 37.7 Å². The summed E-state index contributed by atoms with van der Waals surface area (Å²) in [6, 6.07) is 8.62. The van der Waals surface area contributed by atoms with Crippen molar-refractivity contribution >= 4 is 15.9 Å². The third-order valence-electron chi connectivity index (χ3n) is 4.01. The van der Waals surface area contributed by atoms with E-state index in [0.29, 0.717) is 12.0 Å². The predicted octanol–water partition coefficient (Wildman–Crippen LogP) is 2.89. The number of hydrogen-bond donors (Lipinski definition) is 1. The van der Waals surface area contributed by atoms with Crippen LogP contribution < -0.4 is 10.5 Å². The summed E-state index contributed by atoms with van der Waals surface area (Å²) in [5.74, 6) is 1.59. The summed E-state index contributed by atoms with van der Waals surface area (Å²) in [6.07, 6.45) is 3.86. The molecule has 19 heavy (non-hydrogen) atoms. The number of ether oxygens (including phenoxy) is 1. The minimum absolute atomic E-state index is 0.638. The minimum Gasteiger partial charge on any atom is -0.492 e. The van der Waals surface area contributed by atoms with Gasteiger partial charge in [0.25, 0.3) is 0 Å². The summed E-state index contributed by atoms with van der Waals surface area (Å²) in [5.41, 5.74) is 5.83. The molecule has 1 aliphatic rings. The number of benzene rings is 1. The van der Waals surface area contributed by atoms with Gasteiger partial charge in [0, 0.05) is 17.1 Å². The number of hydrogen-bond acceptors (Lipinski definition) is 3. The van der Waals surface area contributed by atoms with Gasteiger partial charge in [-0.15, -0.1) is 0 Å². The molecule has 3 nitrogen and oxygen atoms in total. The number of likely N-dealkylation sites (N-methyl/N-ethyl adjacent to an activating group) is 1. The van der Waals surface area contributed by atoms with Crippen molar-refractivity contribution in [2.24, 2.45) is 11.7 Å². The van der Waals surface area contributed by atoms with Gasteiger partial charge in [-0.25, -0.2) is 0 Å². The molecule has 2 rings (SSSR count). The van der Waals surface area contributed by atoms with Crippen LogP contribution in [0.5, 0.6) is 5.75 Å². The van der Waals surface area contributed by atoms with E-state index in [1.807, 2.05) is 24.3 Å². The highest BCUT2D eigenvalue weighted by atomic mass is 79.9. The van der Waals surface area contributed by atoms with Crippen molar-refractivity contribution in [3.05, 3.63) is 28.7 Å². The lowest BCUT2D eigenvalue weighted by Crippen LogP contribution is -2.39. The Morgan fingerprint density at radius 1 is 1.32 bits per heavy atom. The molecule has 0 amide bonds. The fourth-order valence-electron chi connectivity index (χ4n) is 2.88.